The third kappa shape index (κ3) is 8.01. The molecule has 2 aromatic rings. The first-order chi connectivity index (χ1) is 18.2. The number of rotatable bonds is 12. The van der Waals surface area contributed by atoms with Crippen LogP contribution < -0.4 is 4.90 Å². The molecule has 1 atom stereocenters. The van der Waals surface area contributed by atoms with Gasteiger partial charge in [0.15, 0.2) is 0 Å². The zero-order chi connectivity index (χ0) is 25.9. The molecule has 0 aromatic heterocycles. The van der Waals surface area contributed by atoms with Crippen LogP contribution in [0.1, 0.15) is 35.6 Å². The van der Waals surface area contributed by atoms with Gasteiger partial charge in [-0.25, -0.2) is 0 Å². The standard InChI is InChI=1S/C29H38N4O4/c1-35-17-18-36-23-29(34)33-15-13-31(14-16-33)21-28(37-22-25-9-7-24(20-30)8-10-25)26-5-4-6-27(19-26)32-11-2-3-12-32/h4-10,19,28H,2-3,11-18,21-23H2,1H3/t28-/m1/s1. The molecule has 0 saturated carbocycles. The van der Waals surface area contributed by atoms with Gasteiger partial charge in [0, 0.05) is 58.6 Å². The van der Waals surface area contributed by atoms with Gasteiger partial charge in [0.1, 0.15) is 6.61 Å². The van der Waals surface area contributed by atoms with E-state index >= 15 is 0 Å². The number of amides is 1. The maximum absolute atomic E-state index is 12.5. The van der Waals surface area contributed by atoms with Gasteiger partial charge >= 0.3 is 0 Å². The molecule has 2 aliphatic rings. The molecule has 37 heavy (non-hydrogen) atoms. The summed E-state index contributed by atoms with van der Waals surface area (Å²) in [5.74, 6) is 0.0303. The van der Waals surface area contributed by atoms with Gasteiger partial charge in [-0.05, 0) is 48.2 Å². The average molecular weight is 507 g/mol. The fourth-order valence-corrected chi connectivity index (χ4v) is 4.83. The van der Waals surface area contributed by atoms with E-state index in [2.05, 4.69) is 40.1 Å². The number of anilines is 1. The lowest BCUT2D eigenvalue weighted by molar-refractivity contribution is -0.138. The van der Waals surface area contributed by atoms with Crippen LogP contribution in [-0.2, 0) is 25.6 Å². The minimum atomic E-state index is -0.0992. The molecule has 0 bridgehead atoms. The summed E-state index contributed by atoms with van der Waals surface area (Å²) in [7, 11) is 1.62. The second-order valence-electron chi connectivity index (χ2n) is 9.62. The fourth-order valence-electron chi connectivity index (χ4n) is 4.83. The summed E-state index contributed by atoms with van der Waals surface area (Å²) in [6.07, 6.45) is 2.38. The Labute approximate surface area is 220 Å². The van der Waals surface area contributed by atoms with E-state index in [1.807, 2.05) is 29.2 Å². The number of methoxy groups -OCH3 is 1. The third-order valence-electron chi connectivity index (χ3n) is 7.05. The molecule has 2 aliphatic heterocycles. The van der Waals surface area contributed by atoms with Gasteiger partial charge in [0.25, 0.3) is 0 Å². The van der Waals surface area contributed by atoms with Crippen LogP contribution in [0.4, 0.5) is 5.69 Å². The quantitative estimate of drug-likeness (QED) is 0.409. The molecule has 0 spiro atoms. The highest BCUT2D eigenvalue weighted by molar-refractivity contribution is 5.77. The molecule has 2 aromatic carbocycles. The van der Waals surface area contributed by atoms with Gasteiger partial charge in [0.2, 0.25) is 5.91 Å². The van der Waals surface area contributed by atoms with Gasteiger partial charge in [-0.1, -0.05) is 24.3 Å². The summed E-state index contributed by atoms with van der Waals surface area (Å²) in [6.45, 7) is 7.41. The van der Waals surface area contributed by atoms with Crippen LogP contribution >= 0.6 is 0 Å². The number of carbonyl (C=O) groups is 1. The van der Waals surface area contributed by atoms with Crippen LogP contribution in [0.2, 0.25) is 0 Å². The van der Waals surface area contributed by atoms with Crippen molar-refractivity contribution in [2.75, 3.05) is 77.6 Å². The maximum atomic E-state index is 12.5. The van der Waals surface area contributed by atoms with Crippen molar-refractivity contribution in [3.63, 3.8) is 0 Å². The van der Waals surface area contributed by atoms with Crippen molar-refractivity contribution in [1.29, 1.82) is 5.26 Å². The summed E-state index contributed by atoms with van der Waals surface area (Å²) in [5.41, 5.74) is 4.12. The molecule has 198 valence electrons. The van der Waals surface area contributed by atoms with Gasteiger partial charge < -0.3 is 24.0 Å². The van der Waals surface area contributed by atoms with Gasteiger partial charge in [-0.15, -0.1) is 0 Å². The van der Waals surface area contributed by atoms with E-state index in [-0.39, 0.29) is 18.6 Å². The zero-order valence-corrected chi connectivity index (χ0v) is 21.8. The topological polar surface area (TPSA) is 78.3 Å². The lowest BCUT2D eigenvalue weighted by Gasteiger charge is -2.36. The van der Waals surface area contributed by atoms with Crippen LogP contribution in [0.5, 0.6) is 0 Å². The molecule has 4 rings (SSSR count). The monoisotopic (exact) mass is 506 g/mol. The van der Waals surface area contributed by atoms with Gasteiger partial charge in [-0.3, -0.25) is 9.69 Å². The lowest BCUT2D eigenvalue weighted by atomic mass is 10.1. The minimum absolute atomic E-state index is 0.0303. The second-order valence-corrected chi connectivity index (χ2v) is 9.62. The van der Waals surface area contributed by atoms with Crippen molar-refractivity contribution in [2.24, 2.45) is 0 Å². The normalized spacial score (nSPS) is 17.1. The second kappa shape index (κ2) is 14.1. The van der Waals surface area contributed by atoms with Crippen molar-refractivity contribution in [1.82, 2.24) is 9.80 Å². The minimum Gasteiger partial charge on any atom is -0.382 e. The summed E-state index contributed by atoms with van der Waals surface area (Å²) in [6, 6.07) is 18.5. The van der Waals surface area contributed by atoms with Crippen molar-refractivity contribution >= 4 is 11.6 Å². The summed E-state index contributed by atoms with van der Waals surface area (Å²) < 4.78 is 16.9. The molecule has 0 unspecified atom stereocenters. The van der Waals surface area contributed by atoms with E-state index in [1.54, 1.807) is 7.11 Å². The van der Waals surface area contributed by atoms with Crippen LogP contribution in [0.3, 0.4) is 0 Å². The Morgan fingerprint density at radius 3 is 2.46 bits per heavy atom. The first kappa shape index (κ1) is 27.1. The number of piperazine rings is 1. The van der Waals surface area contributed by atoms with E-state index < -0.39 is 0 Å². The molecule has 2 heterocycles. The average Bonchev–Trinajstić information content (AvgIpc) is 3.49. The summed E-state index contributed by atoms with van der Waals surface area (Å²) in [5, 5.41) is 9.08. The third-order valence-corrected chi connectivity index (χ3v) is 7.05. The Morgan fingerprint density at radius 1 is 1.00 bits per heavy atom. The maximum Gasteiger partial charge on any atom is 0.248 e. The highest BCUT2D eigenvalue weighted by Crippen LogP contribution is 2.27. The number of benzene rings is 2. The molecular formula is C29H38N4O4. The molecule has 0 N–H and O–H groups in total. The van der Waals surface area contributed by atoms with Crippen LogP contribution in [0.15, 0.2) is 48.5 Å². The molecule has 0 radical (unpaired) electrons. The number of nitriles is 1. The van der Waals surface area contributed by atoms with Crippen LogP contribution in [0, 0.1) is 11.3 Å². The van der Waals surface area contributed by atoms with Crippen LogP contribution in [0.25, 0.3) is 0 Å². The molecule has 2 fully saturated rings. The van der Waals surface area contributed by atoms with Crippen molar-refractivity contribution < 1.29 is 19.0 Å². The molecule has 8 heteroatoms. The van der Waals surface area contributed by atoms with E-state index in [0.29, 0.717) is 38.5 Å². The van der Waals surface area contributed by atoms with Crippen molar-refractivity contribution in [3.8, 4) is 6.07 Å². The number of ether oxygens (including phenoxy) is 3. The predicted molar refractivity (Wildman–Crippen MR) is 142 cm³/mol. The number of hydrogen-bond donors (Lipinski definition) is 0. The first-order valence-corrected chi connectivity index (χ1v) is 13.2. The highest BCUT2D eigenvalue weighted by Gasteiger charge is 2.25. The Balaban J connectivity index is 1.38. The molecule has 0 aliphatic carbocycles. The number of hydrogen-bond acceptors (Lipinski definition) is 7. The Hall–Kier alpha value is -2.96. The van der Waals surface area contributed by atoms with Gasteiger partial charge in [-0.2, -0.15) is 5.26 Å². The van der Waals surface area contributed by atoms with E-state index in [0.717, 1.165) is 38.3 Å². The lowest BCUT2D eigenvalue weighted by Crippen LogP contribution is -2.50. The number of nitrogens with zero attached hydrogens (tertiary/aromatic N) is 4. The molecular weight excluding hydrogens is 468 g/mol. The molecule has 8 nitrogen and oxygen atoms in total. The summed E-state index contributed by atoms with van der Waals surface area (Å²) in [4.78, 5) is 19.2. The van der Waals surface area contributed by atoms with Gasteiger partial charge in [0.05, 0.1) is 37.6 Å². The van der Waals surface area contributed by atoms with E-state index in [4.69, 9.17) is 19.5 Å². The number of carbonyl (C=O) groups excluding carboxylic acids is 1. The molecule has 2 saturated heterocycles. The predicted octanol–water partition coefficient (Wildman–Crippen LogP) is 3.22. The van der Waals surface area contributed by atoms with E-state index in [9.17, 15) is 4.79 Å². The molecule has 1 amide bonds. The highest BCUT2D eigenvalue weighted by atomic mass is 16.5. The van der Waals surface area contributed by atoms with Crippen molar-refractivity contribution in [2.45, 2.75) is 25.6 Å². The Kier molecular flexibility index (Phi) is 10.3. The van der Waals surface area contributed by atoms with Crippen LogP contribution in [-0.4, -0.2) is 88.5 Å². The largest absolute Gasteiger partial charge is 0.382 e. The summed E-state index contributed by atoms with van der Waals surface area (Å²) >= 11 is 0. The Morgan fingerprint density at radius 2 is 1.76 bits per heavy atom. The zero-order valence-electron chi connectivity index (χ0n) is 21.8. The smallest absolute Gasteiger partial charge is 0.248 e. The first-order valence-electron chi connectivity index (χ1n) is 13.2. The fraction of sp³-hybridized carbons (Fsp3) is 0.517. The SMILES string of the molecule is COCCOCC(=O)N1CCN(C[C@@H](OCc2ccc(C#N)cc2)c2cccc(N3CCCC3)c2)CC1. The Bertz CT molecular complexity index is 1020. The van der Waals surface area contributed by atoms with E-state index in [1.165, 1.54) is 24.1 Å². The van der Waals surface area contributed by atoms with Crippen molar-refractivity contribution in [3.05, 3.63) is 65.2 Å².